The fourth-order valence-electron chi connectivity index (χ4n) is 1.43. The number of aromatic nitrogens is 1. The molecule has 0 saturated heterocycles. The van der Waals surface area contributed by atoms with Gasteiger partial charge >= 0.3 is 0 Å². The molecule has 1 heterocycles. The molecule has 1 aromatic heterocycles. The predicted molar refractivity (Wildman–Crippen MR) is 62.0 cm³/mol. The van der Waals surface area contributed by atoms with Crippen molar-refractivity contribution in [1.29, 1.82) is 0 Å². The molecule has 0 saturated carbocycles. The molecule has 0 fully saturated rings. The summed E-state index contributed by atoms with van der Waals surface area (Å²) >= 11 is 0. The van der Waals surface area contributed by atoms with Crippen LogP contribution in [-0.4, -0.2) is 10.1 Å². The quantitative estimate of drug-likeness (QED) is 0.761. The van der Waals surface area contributed by atoms with Crippen molar-refractivity contribution < 1.29 is 5.11 Å². The number of aliphatic hydroxyl groups excluding tert-OH is 1. The van der Waals surface area contributed by atoms with E-state index in [1.165, 1.54) is 6.07 Å². The lowest BCUT2D eigenvalue weighted by Crippen LogP contribution is -2.36. The summed E-state index contributed by atoms with van der Waals surface area (Å²) < 4.78 is 0. The number of hydrogen-bond acceptors (Lipinski definition) is 2. The van der Waals surface area contributed by atoms with Crippen LogP contribution in [0.5, 0.6) is 0 Å². The van der Waals surface area contributed by atoms with Crippen LogP contribution < -0.4 is 16.1 Å². The van der Waals surface area contributed by atoms with Gasteiger partial charge in [0.1, 0.15) is 5.76 Å². The summed E-state index contributed by atoms with van der Waals surface area (Å²) in [6.45, 7) is 5.90. The number of rotatable bonds is 2. The normalized spacial score (nSPS) is 14.9. The highest BCUT2D eigenvalue weighted by atomic mass is 16.3. The van der Waals surface area contributed by atoms with E-state index >= 15 is 0 Å². The fraction of sp³-hybridized carbons (Fsp3) is 0.417. The number of nitrogens with one attached hydrogen (secondary N) is 1. The van der Waals surface area contributed by atoms with Crippen LogP contribution in [0.15, 0.2) is 16.9 Å². The van der Waals surface area contributed by atoms with Crippen LogP contribution in [0, 0.1) is 0 Å². The zero-order valence-corrected chi connectivity index (χ0v) is 9.42. The molecule has 2 N–H and O–H groups in total. The molecule has 82 valence electrons. The minimum absolute atomic E-state index is 0.183. The van der Waals surface area contributed by atoms with Gasteiger partial charge in [-0.15, -0.1) is 0 Å². The van der Waals surface area contributed by atoms with E-state index in [0.29, 0.717) is 11.8 Å². The monoisotopic (exact) mass is 207 g/mol. The SMILES string of the molecule is CC/C(C)=c1/ccc(=O)[nH]/c1=C(\O)CC. The van der Waals surface area contributed by atoms with E-state index in [-0.39, 0.29) is 11.3 Å². The lowest BCUT2D eigenvalue weighted by molar-refractivity contribution is 0.480. The molecule has 0 aromatic carbocycles. The Balaban J connectivity index is 3.78. The van der Waals surface area contributed by atoms with E-state index in [0.717, 1.165) is 17.2 Å². The Labute approximate surface area is 88.8 Å². The highest BCUT2D eigenvalue weighted by molar-refractivity contribution is 5.44. The molecule has 0 amide bonds. The van der Waals surface area contributed by atoms with Crippen LogP contribution in [0.4, 0.5) is 0 Å². The van der Waals surface area contributed by atoms with Crippen molar-refractivity contribution in [3.05, 3.63) is 33.1 Å². The largest absolute Gasteiger partial charge is 0.510 e. The maximum Gasteiger partial charge on any atom is 0.248 e. The first kappa shape index (κ1) is 11.6. The average molecular weight is 207 g/mol. The third kappa shape index (κ3) is 2.49. The Hall–Kier alpha value is -1.51. The molecule has 0 bridgehead atoms. The fourth-order valence-corrected chi connectivity index (χ4v) is 1.43. The van der Waals surface area contributed by atoms with E-state index in [2.05, 4.69) is 4.98 Å². The van der Waals surface area contributed by atoms with Crippen molar-refractivity contribution >= 4 is 11.3 Å². The van der Waals surface area contributed by atoms with Crippen molar-refractivity contribution in [3.8, 4) is 0 Å². The number of H-pyrrole nitrogens is 1. The topological polar surface area (TPSA) is 53.1 Å². The molecule has 1 aromatic rings. The molecule has 0 aliphatic rings. The first-order valence-electron chi connectivity index (χ1n) is 5.21. The van der Waals surface area contributed by atoms with Gasteiger partial charge in [0, 0.05) is 17.7 Å². The maximum atomic E-state index is 11.2. The highest BCUT2D eigenvalue weighted by Gasteiger charge is 1.97. The Morgan fingerprint density at radius 2 is 2.00 bits per heavy atom. The molecule has 1 rings (SSSR count). The van der Waals surface area contributed by atoms with Gasteiger partial charge < -0.3 is 10.1 Å². The molecule has 0 aliphatic heterocycles. The van der Waals surface area contributed by atoms with Crippen LogP contribution in [0.2, 0.25) is 0 Å². The first-order chi connectivity index (χ1) is 7.10. The molecule has 0 radical (unpaired) electrons. The van der Waals surface area contributed by atoms with Gasteiger partial charge in [0.05, 0.1) is 5.35 Å². The third-order valence-electron chi connectivity index (χ3n) is 2.53. The molecular weight excluding hydrogens is 190 g/mol. The zero-order chi connectivity index (χ0) is 11.4. The summed E-state index contributed by atoms with van der Waals surface area (Å²) in [6, 6.07) is 3.25. The lowest BCUT2D eigenvalue weighted by atomic mass is 10.1. The summed E-state index contributed by atoms with van der Waals surface area (Å²) in [5.74, 6) is 0.232. The van der Waals surface area contributed by atoms with Crippen LogP contribution in [0.3, 0.4) is 0 Å². The Morgan fingerprint density at radius 1 is 1.33 bits per heavy atom. The van der Waals surface area contributed by atoms with Crippen molar-refractivity contribution in [1.82, 2.24) is 4.98 Å². The molecule has 0 unspecified atom stereocenters. The van der Waals surface area contributed by atoms with Gasteiger partial charge in [0.25, 0.3) is 0 Å². The van der Waals surface area contributed by atoms with Crippen molar-refractivity contribution in [2.45, 2.75) is 33.6 Å². The van der Waals surface area contributed by atoms with Gasteiger partial charge in [-0.2, -0.15) is 0 Å². The third-order valence-corrected chi connectivity index (χ3v) is 2.53. The standard InChI is InChI=1S/C12H17NO2/c1-4-8(3)9-6-7-11(15)13-12(9)10(14)5-2/h6-7,14H,4-5H2,1-3H3,(H,13,15)/b9-8-,12-10-. The van der Waals surface area contributed by atoms with Crippen LogP contribution in [-0.2, 0) is 0 Å². The molecular formula is C12H17NO2. The van der Waals surface area contributed by atoms with Gasteiger partial charge in [-0.1, -0.05) is 19.4 Å². The summed E-state index contributed by atoms with van der Waals surface area (Å²) in [5.41, 5.74) is 0.971. The van der Waals surface area contributed by atoms with E-state index in [1.807, 2.05) is 20.8 Å². The second-order valence-corrected chi connectivity index (χ2v) is 3.55. The molecule has 15 heavy (non-hydrogen) atoms. The highest BCUT2D eigenvalue weighted by Crippen LogP contribution is 1.94. The first-order valence-corrected chi connectivity index (χ1v) is 5.21. The second-order valence-electron chi connectivity index (χ2n) is 3.55. The van der Waals surface area contributed by atoms with Crippen LogP contribution >= 0.6 is 0 Å². The molecule has 0 atom stereocenters. The Morgan fingerprint density at radius 3 is 2.53 bits per heavy atom. The van der Waals surface area contributed by atoms with E-state index in [4.69, 9.17) is 0 Å². The molecule has 0 aliphatic carbocycles. The van der Waals surface area contributed by atoms with Crippen LogP contribution in [0.25, 0.3) is 11.3 Å². The van der Waals surface area contributed by atoms with Gasteiger partial charge in [0.2, 0.25) is 5.56 Å². The smallest absolute Gasteiger partial charge is 0.248 e. The summed E-state index contributed by atoms with van der Waals surface area (Å²) in [5, 5.41) is 11.2. The molecule has 0 spiro atoms. The molecule has 3 nitrogen and oxygen atoms in total. The zero-order valence-electron chi connectivity index (χ0n) is 9.42. The summed E-state index contributed by atoms with van der Waals surface area (Å²) in [6.07, 6.45) is 1.42. The number of aliphatic hydroxyl groups is 1. The second kappa shape index (κ2) is 4.82. The van der Waals surface area contributed by atoms with Gasteiger partial charge in [-0.3, -0.25) is 4.79 Å². The van der Waals surface area contributed by atoms with Crippen molar-refractivity contribution in [3.63, 3.8) is 0 Å². The minimum atomic E-state index is -0.183. The summed E-state index contributed by atoms with van der Waals surface area (Å²) in [4.78, 5) is 13.9. The van der Waals surface area contributed by atoms with E-state index < -0.39 is 0 Å². The van der Waals surface area contributed by atoms with Gasteiger partial charge in [-0.25, -0.2) is 0 Å². The van der Waals surface area contributed by atoms with Crippen LogP contribution in [0.1, 0.15) is 33.6 Å². The van der Waals surface area contributed by atoms with Gasteiger partial charge in [-0.05, 0) is 19.4 Å². The Kier molecular flexibility index (Phi) is 3.72. The average Bonchev–Trinajstić information content (AvgIpc) is 2.26. The molecule has 3 heteroatoms. The van der Waals surface area contributed by atoms with Crippen molar-refractivity contribution in [2.24, 2.45) is 0 Å². The maximum absolute atomic E-state index is 11.2. The van der Waals surface area contributed by atoms with Crippen molar-refractivity contribution in [2.75, 3.05) is 0 Å². The predicted octanol–water partition coefficient (Wildman–Crippen LogP) is 1.03. The van der Waals surface area contributed by atoms with E-state index in [9.17, 15) is 9.90 Å². The number of pyridine rings is 1. The number of aromatic amines is 1. The number of hydrogen-bond donors (Lipinski definition) is 2. The Bertz CT molecular complexity index is 511. The van der Waals surface area contributed by atoms with E-state index in [1.54, 1.807) is 6.07 Å². The van der Waals surface area contributed by atoms with Gasteiger partial charge in [0.15, 0.2) is 0 Å². The lowest BCUT2D eigenvalue weighted by Gasteiger charge is -1.99. The minimum Gasteiger partial charge on any atom is -0.510 e. The summed E-state index contributed by atoms with van der Waals surface area (Å²) in [7, 11) is 0.